The van der Waals surface area contributed by atoms with E-state index in [0.29, 0.717) is 41.8 Å². The zero-order valence-corrected chi connectivity index (χ0v) is 20.4. The molecule has 37 heavy (non-hydrogen) atoms. The van der Waals surface area contributed by atoms with Gasteiger partial charge in [-0.05, 0) is 66.6 Å². The predicted octanol–water partition coefficient (Wildman–Crippen LogP) is 7.23. The van der Waals surface area contributed by atoms with E-state index in [0.717, 1.165) is 27.7 Å². The summed E-state index contributed by atoms with van der Waals surface area (Å²) in [6, 6.07) is 30.7. The molecule has 0 atom stereocenters. The molecule has 4 aromatic carbocycles. The van der Waals surface area contributed by atoms with Crippen LogP contribution in [0.25, 0.3) is 22.2 Å². The number of nitrogens with one attached hydrogen (secondary N) is 1. The Balaban J connectivity index is 1.51. The molecule has 0 spiro atoms. The van der Waals surface area contributed by atoms with Gasteiger partial charge in [0.05, 0.1) is 18.7 Å². The normalized spacial score (nSPS) is 10.8. The summed E-state index contributed by atoms with van der Waals surface area (Å²) in [7, 11) is 0. The largest absolute Gasteiger partial charge is 0.490 e. The van der Waals surface area contributed by atoms with Crippen molar-refractivity contribution in [2.24, 2.45) is 0 Å². The topological polar surface area (TPSA) is 80.8 Å². The standard InChI is InChI=1S/C31H27NO5/c1-2-35-29-17-22(13-16-28(29)36-20-21-9-5-3-6-10-21)31-26(19-30(33)34)25-18-24(14-15-27(25)32-31)37-23-11-7-4-8-12-23/h3-18,32H,2,19-20H2,1H3,(H,33,34). The van der Waals surface area contributed by atoms with Crippen molar-refractivity contribution in [2.45, 2.75) is 20.0 Å². The van der Waals surface area contributed by atoms with Crippen molar-refractivity contribution in [1.82, 2.24) is 4.98 Å². The van der Waals surface area contributed by atoms with Gasteiger partial charge < -0.3 is 24.3 Å². The molecule has 0 fully saturated rings. The molecule has 0 amide bonds. The summed E-state index contributed by atoms with van der Waals surface area (Å²) in [6.07, 6.45) is -0.139. The Morgan fingerprint density at radius 2 is 1.57 bits per heavy atom. The highest BCUT2D eigenvalue weighted by atomic mass is 16.5. The number of aliphatic carboxylic acids is 1. The average molecular weight is 494 g/mol. The van der Waals surface area contributed by atoms with Crippen molar-refractivity contribution in [2.75, 3.05) is 6.61 Å². The Labute approximate surface area is 215 Å². The van der Waals surface area contributed by atoms with Gasteiger partial charge in [-0.2, -0.15) is 0 Å². The van der Waals surface area contributed by atoms with Crippen LogP contribution in [0, 0.1) is 0 Å². The second-order valence-corrected chi connectivity index (χ2v) is 8.54. The summed E-state index contributed by atoms with van der Waals surface area (Å²) in [6.45, 7) is 2.81. The first-order chi connectivity index (χ1) is 18.1. The molecule has 0 aliphatic heterocycles. The maximum Gasteiger partial charge on any atom is 0.307 e. The Morgan fingerprint density at radius 3 is 2.30 bits per heavy atom. The van der Waals surface area contributed by atoms with Gasteiger partial charge in [0.15, 0.2) is 11.5 Å². The number of fused-ring (bicyclic) bond motifs is 1. The molecule has 0 radical (unpaired) electrons. The predicted molar refractivity (Wildman–Crippen MR) is 144 cm³/mol. The van der Waals surface area contributed by atoms with Gasteiger partial charge in [-0.1, -0.05) is 48.5 Å². The molecule has 5 rings (SSSR count). The fourth-order valence-corrected chi connectivity index (χ4v) is 4.28. The first-order valence-electron chi connectivity index (χ1n) is 12.1. The van der Waals surface area contributed by atoms with E-state index in [2.05, 4.69) is 4.98 Å². The van der Waals surface area contributed by atoms with Crippen LogP contribution < -0.4 is 14.2 Å². The molecule has 6 heteroatoms. The highest BCUT2D eigenvalue weighted by Crippen LogP contribution is 2.38. The quantitative estimate of drug-likeness (QED) is 0.214. The summed E-state index contributed by atoms with van der Waals surface area (Å²) in [4.78, 5) is 15.2. The van der Waals surface area contributed by atoms with Crippen LogP contribution in [0.3, 0.4) is 0 Å². The van der Waals surface area contributed by atoms with Crippen molar-refractivity contribution in [3.8, 4) is 34.3 Å². The van der Waals surface area contributed by atoms with Gasteiger partial charge in [0.2, 0.25) is 0 Å². The zero-order chi connectivity index (χ0) is 25.6. The first kappa shape index (κ1) is 24.0. The zero-order valence-electron chi connectivity index (χ0n) is 20.4. The fraction of sp³-hybridized carbons (Fsp3) is 0.129. The molecule has 0 aliphatic rings. The lowest BCUT2D eigenvalue weighted by molar-refractivity contribution is -0.136. The molecule has 6 nitrogen and oxygen atoms in total. The van der Waals surface area contributed by atoms with Crippen LogP contribution in [-0.4, -0.2) is 22.7 Å². The van der Waals surface area contributed by atoms with Crippen LogP contribution in [0.4, 0.5) is 0 Å². The van der Waals surface area contributed by atoms with E-state index < -0.39 is 5.97 Å². The minimum absolute atomic E-state index is 0.139. The fourth-order valence-electron chi connectivity index (χ4n) is 4.28. The molecule has 5 aromatic rings. The second-order valence-electron chi connectivity index (χ2n) is 8.54. The van der Waals surface area contributed by atoms with Crippen molar-refractivity contribution < 1.29 is 24.1 Å². The smallest absolute Gasteiger partial charge is 0.307 e. The van der Waals surface area contributed by atoms with E-state index in [1.54, 1.807) is 0 Å². The van der Waals surface area contributed by atoms with Crippen LogP contribution >= 0.6 is 0 Å². The molecule has 0 unspecified atom stereocenters. The molecule has 2 N–H and O–H groups in total. The number of carboxylic acid groups (broad SMARTS) is 1. The highest BCUT2D eigenvalue weighted by Gasteiger charge is 2.18. The van der Waals surface area contributed by atoms with Gasteiger partial charge in [0.25, 0.3) is 0 Å². The molecule has 186 valence electrons. The Morgan fingerprint density at radius 1 is 0.811 bits per heavy atom. The van der Waals surface area contributed by atoms with Gasteiger partial charge in [-0.25, -0.2) is 0 Å². The van der Waals surface area contributed by atoms with Crippen LogP contribution in [0.1, 0.15) is 18.1 Å². The average Bonchev–Trinajstić information content (AvgIpc) is 3.26. The number of hydrogen-bond acceptors (Lipinski definition) is 4. The lowest BCUT2D eigenvalue weighted by atomic mass is 10.0. The third-order valence-electron chi connectivity index (χ3n) is 5.95. The Kier molecular flexibility index (Phi) is 7.08. The van der Waals surface area contributed by atoms with E-state index in [4.69, 9.17) is 14.2 Å². The van der Waals surface area contributed by atoms with Crippen molar-refractivity contribution in [3.63, 3.8) is 0 Å². The second kappa shape index (κ2) is 10.9. The Bertz CT molecular complexity index is 1510. The van der Waals surface area contributed by atoms with Crippen LogP contribution in [0.2, 0.25) is 0 Å². The number of H-pyrrole nitrogens is 1. The van der Waals surface area contributed by atoms with Crippen LogP contribution in [0.15, 0.2) is 97.1 Å². The molecular weight excluding hydrogens is 466 g/mol. The number of benzene rings is 4. The summed E-state index contributed by atoms with van der Waals surface area (Å²) in [5.74, 6) is 1.66. The summed E-state index contributed by atoms with van der Waals surface area (Å²) in [5.41, 5.74) is 4.11. The molecule has 1 aromatic heterocycles. The van der Waals surface area contributed by atoms with E-state index in [1.165, 1.54) is 0 Å². The van der Waals surface area contributed by atoms with E-state index in [-0.39, 0.29) is 6.42 Å². The number of aromatic nitrogens is 1. The molecule has 0 saturated heterocycles. The maximum absolute atomic E-state index is 11.8. The monoisotopic (exact) mass is 493 g/mol. The molecule has 0 bridgehead atoms. The van der Waals surface area contributed by atoms with Crippen molar-refractivity contribution in [1.29, 1.82) is 0 Å². The van der Waals surface area contributed by atoms with Crippen molar-refractivity contribution in [3.05, 3.63) is 108 Å². The number of ether oxygens (including phenoxy) is 3. The summed E-state index contributed by atoms with van der Waals surface area (Å²) >= 11 is 0. The minimum atomic E-state index is -0.913. The van der Waals surface area contributed by atoms with E-state index >= 15 is 0 Å². The molecule has 0 saturated carbocycles. The SMILES string of the molecule is CCOc1cc(-c2[nH]c3ccc(Oc4ccccc4)cc3c2CC(=O)O)ccc1OCc1ccccc1. The van der Waals surface area contributed by atoms with Gasteiger partial charge in [-0.15, -0.1) is 0 Å². The minimum Gasteiger partial charge on any atom is -0.490 e. The summed E-state index contributed by atoms with van der Waals surface area (Å²) < 4.78 is 17.9. The summed E-state index contributed by atoms with van der Waals surface area (Å²) in [5, 5.41) is 10.5. The lowest BCUT2D eigenvalue weighted by Crippen LogP contribution is -2.02. The number of hydrogen-bond donors (Lipinski definition) is 2. The Hall–Kier alpha value is -4.71. The van der Waals surface area contributed by atoms with Crippen LogP contribution in [0.5, 0.6) is 23.0 Å². The first-order valence-corrected chi connectivity index (χ1v) is 12.1. The van der Waals surface area contributed by atoms with Gasteiger partial charge in [-0.3, -0.25) is 4.79 Å². The van der Waals surface area contributed by atoms with Gasteiger partial charge >= 0.3 is 5.97 Å². The number of carboxylic acids is 1. The van der Waals surface area contributed by atoms with Gasteiger partial charge in [0, 0.05) is 16.5 Å². The molecule has 0 aliphatic carbocycles. The van der Waals surface area contributed by atoms with Crippen LogP contribution in [-0.2, 0) is 17.8 Å². The number of aromatic amines is 1. The third-order valence-corrected chi connectivity index (χ3v) is 5.95. The lowest BCUT2D eigenvalue weighted by Gasteiger charge is -2.14. The van der Waals surface area contributed by atoms with Crippen molar-refractivity contribution >= 4 is 16.9 Å². The van der Waals surface area contributed by atoms with E-state index in [1.807, 2.05) is 104 Å². The van der Waals surface area contributed by atoms with Gasteiger partial charge in [0.1, 0.15) is 18.1 Å². The maximum atomic E-state index is 11.8. The highest BCUT2D eigenvalue weighted by molar-refractivity contribution is 5.95. The van der Waals surface area contributed by atoms with E-state index in [9.17, 15) is 9.90 Å². The number of para-hydroxylation sites is 1. The molecule has 1 heterocycles. The number of carbonyl (C=O) groups is 1. The molecular formula is C31H27NO5. The number of rotatable bonds is 10. The third kappa shape index (κ3) is 5.59.